The Hall–Kier alpha value is -1.93. The van der Waals surface area contributed by atoms with Crippen molar-refractivity contribution >= 4 is 21.8 Å². The Morgan fingerprint density at radius 2 is 1.67 bits per heavy atom. The van der Waals surface area contributed by atoms with Crippen molar-refractivity contribution in [2.75, 3.05) is 25.6 Å². The van der Waals surface area contributed by atoms with Crippen LogP contribution in [0.3, 0.4) is 0 Å². The van der Waals surface area contributed by atoms with Gasteiger partial charge in [-0.05, 0) is 37.0 Å². The van der Waals surface area contributed by atoms with E-state index in [1.54, 1.807) is 19.1 Å². The summed E-state index contributed by atoms with van der Waals surface area (Å²) >= 11 is 0. The number of carbonyl (C=O) groups excluding carboxylic acids is 2. The molecular formula is C19H28O7S. The summed E-state index contributed by atoms with van der Waals surface area (Å²) in [5.74, 6) is -1.64. The maximum atomic E-state index is 12.2. The lowest BCUT2D eigenvalue weighted by atomic mass is 10.0. The summed E-state index contributed by atoms with van der Waals surface area (Å²) in [6, 6.07) is 7.03. The number of sulfone groups is 1. The first kappa shape index (κ1) is 23.1. The second kappa shape index (κ2) is 9.85. The smallest absolute Gasteiger partial charge is 0.338 e. The Morgan fingerprint density at radius 3 is 2.15 bits per heavy atom. The van der Waals surface area contributed by atoms with E-state index in [0.29, 0.717) is 11.5 Å². The summed E-state index contributed by atoms with van der Waals surface area (Å²) in [7, 11) is -3.86. The van der Waals surface area contributed by atoms with Crippen molar-refractivity contribution in [3.63, 3.8) is 0 Å². The zero-order valence-electron chi connectivity index (χ0n) is 16.2. The van der Waals surface area contributed by atoms with E-state index in [4.69, 9.17) is 14.6 Å². The summed E-state index contributed by atoms with van der Waals surface area (Å²) in [4.78, 5) is 24.2. The number of hydrogen-bond acceptors (Lipinski definition) is 7. The standard InChI is InChI=1S/C19H28O7S/c1-5-19(4,27(23,24)13-10-20)18(22)26-12-11-25-17(21)16-8-6-15(7-9-16)14(2)3/h6-9,14,20H,5,10-13H2,1-4H3. The molecule has 0 aliphatic heterocycles. The van der Waals surface area contributed by atoms with Gasteiger partial charge in [0.25, 0.3) is 0 Å². The van der Waals surface area contributed by atoms with Gasteiger partial charge in [-0.15, -0.1) is 0 Å². The predicted octanol–water partition coefficient (Wildman–Crippen LogP) is 2.09. The molecule has 1 N–H and O–H groups in total. The lowest BCUT2D eigenvalue weighted by Crippen LogP contribution is -2.46. The highest BCUT2D eigenvalue weighted by molar-refractivity contribution is 7.93. The topological polar surface area (TPSA) is 107 Å². The monoisotopic (exact) mass is 400 g/mol. The summed E-state index contributed by atoms with van der Waals surface area (Å²) in [5, 5.41) is 8.88. The number of aliphatic hydroxyl groups is 1. The number of hydrogen-bond donors (Lipinski definition) is 1. The molecule has 1 atom stereocenters. The molecule has 0 aliphatic rings. The SMILES string of the molecule is CCC(C)(C(=O)OCCOC(=O)c1ccc(C(C)C)cc1)S(=O)(=O)CCO. The maximum absolute atomic E-state index is 12.2. The van der Waals surface area contributed by atoms with E-state index < -0.39 is 38.9 Å². The van der Waals surface area contributed by atoms with Gasteiger partial charge in [0.15, 0.2) is 14.6 Å². The van der Waals surface area contributed by atoms with Crippen LogP contribution in [0.5, 0.6) is 0 Å². The number of ether oxygens (including phenoxy) is 2. The van der Waals surface area contributed by atoms with Crippen LogP contribution in [0.4, 0.5) is 0 Å². The molecule has 1 rings (SSSR count). The molecule has 0 bridgehead atoms. The third-order valence-electron chi connectivity index (χ3n) is 4.52. The van der Waals surface area contributed by atoms with Crippen molar-refractivity contribution in [2.24, 2.45) is 0 Å². The van der Waals surface area contributed by atoms with Gasteiger partial charge in [0.05, 0.1) is 17.9 Å². The van der Waals surface area contributed by atoms with Crippen molar-refractivity contribution in [2.45, 2.75) is 44.8 Å². The van der Waals surface area contributed by atoms with Gasteiger partial charge in [0.2, 0.25) is 0 Å². The zero-order valence-corrected chi connectivity index (χ0v) is 17.0. The van der Waals surface area contributed by atoms with Gasteiger partial charge in [-0.2, -0.15) is 0 Å². The van der Waals surface area contributed by atoms with Crippen molar-refractivity contribution < 1.29 is 32.6 Å². The molecule has 0 aromatic heterocycles. The molecule has 0 spiro atoms. The first-order chi connectivity index (χ1) is 12.6. The van der Waals surface area contributed by atoms with Crippen LogP contribution in [-0.2, 0) is 24.1 Å². The summed E-state index contributed by atoms with van der Waals surface area (Å²) in [6.07, 6.45) is 0.0101. The van der Waals surface area contributed by atoms with Crippen LogP contribution in [0.25, 0.3) is 0 Å². The third-order valence-corrected chi connectivity index (χ3v) is 7.06. The van der Waals surface area contributed by atoms with Gasteiger partial charge >= 0.3 is 11.9 Å². The molecule has 0 saturated heterocycles. The molecule has 0 heterocycles. The van der Waals surface area contributed by atoms with Gasteiger partial charge in [0, 0.05) is 0 Å². The van der Waals surface area contributed by atoms with Crippen LogP contribution in [0.2, 0.25) is 0 Å². The second-order valence-corrected chi connectivity index (χ2v) is 9.21. The van der Waals surface area contributed by atoms with Gasteiger partial charge in [0.1, 0.15) is 13.2 Å². The maximum Gasteiger partial charge on any atom is 0.338 e. The molecule has 27 heavy (non-hydrogen) atoms. The molecule has 0 radical (unpaired) electrons. The van der Waals surface area contributed by atoms with E-state index in [1.807, 2.05) is 26.0 Å². The molecule has 1 unspecified atom stereocenters. The van der Waals surface area contributed by atoms with E-state index in [0.717, 1.165) is 5.56 Å². The fraction of sp³-hybridized carbons (Fsp3) is 0.579. The third kappa shape index (κ3) is 5.77. The first-order valence-corrected chi connectivity index (χ1v) is 10.5. The van der Waals surface area contributed by atoms with E-state index in [2.05, 4.69) is 0 Å². The Balaban J connectivity index is 2.57. The van der Waals surface area contributed by atoms with Crippen molar-refractivity contribution in [1.82, 2.24) is 0 Å². The molecule has 0 saturated carbocycles. The molecule has 7 nitrogen and oxygen atoms in total. The van der Waals surface area contributed by atoms with Crippen LogP contribution < -0.4 is 0 Å². The molecule has 1 aromatic carbocycles. The Kier molecular flexibility index (Phi) is 8.43. The summed E-state index contributed by atoms with van der Waals surface area (Å²) in [6.45, 7) is 5.91. The van der Waals surface area contributed by atoms with Crippen LogP contribution in [0, 0.1) is 0 Å². The Morgan fingerprint density at radius 1 is 1.11 bits per heavy atom. The average molecular weight is 400 g/mol. The fourth-order valence-electron chi connectivity index (χ4n) is 2.35. The van der Waals surface area contributed by atoms with E-state index >= 15 is 0 Å². The van der Waals surface area contributed by atoms with Crippen LogP contribution in [0.15, 0.2) is 24.3 Å². The quantitative estimate of drug-likeness (QED) is 0.473. The zero-order chi connectivity index (χ0) is 20.7. The Labute approximate surface area is 160 Å². The molecular weight excluding hydrogens is 372 g/mol. The lowest BCUT2D eigenvalue weighted by molar-refractivity contribution is -0.147. The highest BCUT2D eigenvalue weighted by Gasteiger charge is 2.45. The van der Waals surface area contributed by atoms with Gasteiger partial charge < -0.3 is 14.6 Å². The van der Waals surface area contributed by atoms with Crippen LogP contribution in [-0.4, -0.2) is 55.8 Å². The van der Waals surface area contributed by atoms with E-state index in [-0.39, 0.29) is 19.6 Å². The van der Waals surface area contributed by atoms with Gasteiger partial charge in [-0.25, -0.2) is 13.2 Å². The lowest BCUT2D eigenvalue weighted by Gasteiger charge is -2.25. The average Bonchev–Trinajstić information content (AvgIpc) is 2.63. The van der Waals surface area contributed by atoms with E-state index in [9.17, 15) is 18.0 Å². The number of rotatable bonds is 10. The number of carbonyl (C=O) groups is 2. The van der Waals surface area contributed by atoms with E-state index in [1.165, 1.54) is 6.92 Å². The van der Waals surface area contributed by atoms with Crippen molar-refractivity contribution in [3.8, 4) is 0 Å². The van der Waals surface area contributed by atoms with Crippen LogP contribution in [0.1, 0.15) is 56.0 Å². The van der Waals surface area contributed by atoms with Crippen molar-refractivity contribution in [1.29, 1.82) is 0 Å². The fourth-order valence-corrected chi connectivity index (χ4v) is 3.79. The van der Waals surface area contributed by atoms with Gasteiger partial charge in [-0.1, -0.05) is 32.9 Å². The molecule has 0 aliphatic carbocycles. The number of esters is 2. The van der Waals surface area contributed by atoms with Crippen LogP contribution >= 0.6 is 0 Å². The predicted molar refractivity (Wildman–Crippen MR) is 101 cm³/mol. The minimum Gasteiger partial charge on any atom is -0.461 e. The second-order valence-electron chi connectivity index (χ2n) is 6.68. The first-order valence-electron chi connectivity index (χ1n) is 8.86. The molecule has 1 aromatic rings. The minimum atomic E-state index is -3.86. The number of aliphatic hydroxyl groups excluding tert-OH is 1. The molecule has 0 fully saturated rings. The highest BCUT2D eigenvalue weighted by Crippen LogP contribution is 2.24. The molecule has 8 heteroatoms. The number of benzene rings is 1. The van der Waals surface area contributed by atoms with Gasteiger partial charge in [-0.3, -0.25) is 4.79 Å². The largest absolute Gasteiger partial charge is 0.461 e. The van der Waals surface area contributed by atoms with Crippen molar-refractivity contribution in [3.05, 3.63) is 35.4 Å². The Bertz CT molecular complexity index is 738. The normalized spacial score (nSPS) is 13.9. The minimum absolute atomic E-state index is 0.0101. The molecule has 0 amide bonds. The summed E-state index contributed by atoms with van der Waals surface area (Å²) < 4.78 is 32.7. The highest BCUT2D eigenvalue weighted by atomic mass is 32.2. The molecule has 152 valence electrons. The summed E-state index contributed by atoms with van der Waals surface area (Å²) in [5.41, 5.74) is 1.48.